The highest BCUT2D eigenvalue weighted by molar-refractivity contribution is 7.51. The number of rotatable bonds is 5. The third-order valence-electron chi connectivity index (χ3n) is 4.55. The molecule has 0 radical (unpaired) electrons. The van der Waals surface area contributed by atoms with Crippen LogP contribution in [0.3, 0.4) is 0 Å². The van der Waals surface area contributed by atoms with Crippen molar-refractivity contribution in [3.63, 3.8) is 0 Å². The number of carbonyl (C=O) groups is 1. The lowest BCUT2D eigenvalue weighted by Crippen LogP contribution is -2.37. The summed E-state index contributed by atoms with van der Waals surface area (Å²) >= 11 is 0. The summed E-state index contributed by atoms with van der Waals surface area (Å²) in [5.41, 5.74) is -1.30. The first kappa shape index (κ1) is 21.9. The second-order valence-electron chi connectivity index (χ2n) is 7.16. The zero-order chi connectivity index (χ0) is 21.3. The molecule has 1 aromatic heterocycles. The molecule has 0 amide bonds. The third-order valence-corrected chi connectivity index (χ3v) is 6.23. The van der Waals surface area contributed by atoms with Crippen LogP contribution in [0.2, 0.25) is 0 Å². The Kier molecular flexibility index (Phi) is 6.42. The fourth-order valence-electron chi connectivity index (χ4n) is 3.11. The van der Waals surface area contributed by atoms with Gasteiger partial charge in [-0.2, -0.15) is 0 Å². The van der Waals surface area contributed by atoms with Gasteiger partial charge >= 0.3 is 19.4 Å². The van der Waals surface area contributed by atoms with Gasteiger partial charge < -0.3 is 14.6 Å². The molecular formula is C16H24N3O9P. The van der Waals surface area contributed by atoms with Gasteiger partial charge in [0.2, 0.25) is 0 Å². The topological polar surface area (TPSA) is 158 Å². The van der Waals surface area contributed by atoms with Crippen LogP contribution in [0.5, 0.6) is 0 Å². The number of hydrogen-bond donors (Lipinski definition) is 3. The number of aromatic nitrogens is 2. The molecule has 162 valence electrons. The molecule has 0 aliphatic carbocycles. The minimum atomic E-state index is -3.86. The van der Waals surface area contributed by atoms with Crippen LogP contribution in [0.1, 0.15) is 27.0 Å². The molecule has 3 rings (SSSR count). The van der Waals surface area contributed by atoms with Crippen LogP contribution in [0.15, 0.2) is 21.9 Å². The summed E-state index contributed by atoms with van der Waals surface area (Å²) in [6.07, 6.45) is -2.07. The van der Waals surface area contributed by atoms with Gasteiger partial charge in [-0.25, -0.2) is 14.4 Å². The number of fused-ring (bicyclic) bond motifs is 1. The van der Waals surface area contributed by atoms with Crippen molar-refractivity contribution >= 4 is 13.7 Å². The number of carbonyl (C=O) groups excluding carboxylic acids is 1. The van der Waals surface area contributed by atoms with Crippen molar-refractivity contribution in [1.29, 1.82) is 0 Å². The zero-order valence-electron chi connectivity index (χ0n) is 16.1. The monoisotopic (exact) mass is 433 g/mol. The van der Waals surface area contributed by atoms with E-state index in [1.165, 1.54) is 13.1 Å². The van der Waals surface area contributed by atoms with Crippen LogP contribution in [0, 0.1) is 5.92 Å². The van der Waals surface area contributed by atoms with Crippen LogP contribution >= 0.6 is 7.75 Å². The normalized spacial score (nSPS) is 33.1. The first-order valence-corrected chi connectivity index (χ1v) is 10.7. The van der Waals surface area contributed by atoms with E-state index in [1.807, 2.05) is 0 Å². The molecule has 1 aromatic rings. The smallest absolute Gasteiger partial charge is 0.406 e. The number of H-pyrrole nitrogens is 1. The van der Waals surface area contributed by atoms with Crippen LogP contribution in [0.4, 0.5) is 0 Å². The van der Waals surface area contributed by atoms with Crippen LogP contribution in [-0.2, 0) is 27.9 Å². The SMILES string of the molecule is CC(C)OC(=O)[C@@H](C)NP1(=O)OC[C@H]2[C@@H](O)[C@H](n3ccc(=O)[nH]c3=O)O[C@@H]2CO1. The predicted molar refractivity (Wildman–Crippen MR) is 98.1 cm³/mol. The van der Waals surface area contributed by atoms with E-state index in [-0.39, 0.29) is 19.3 Å². The van der Waals surface area contributed by atoms with Crippen molar-refractivity contribution in [3.8, 4) is 0 Å². The van der Waals surface area contributed by atoms with E-state index in [2.05, 4.69) is 10.1 Å². The molecular weight excluding hydrogens is 409 g/mol. The van der Waals surface area contributed by atoms with Gasteiger partial charge in [0.15, 0.2) is 6.23 Å². The standard InChI is InChI=1S/C16H24N3O9P/c1-8(2)27-15(22)9(3)18-29(24)25-6-10-11(7-26-29)28-14(13(10)21)19-5-4-12(20)17-16(19)23/h4-5,8-11,13-14,21H,6-7H2,1-3H3,(H,18,24)(H,17,20,23)/t9-,10-,11-,13-,14-,29?/m1/s1. The largest absolute Gasteiger partial charge is 0.462 e. The number of aliphatic hydroxyl groups excluding tert-OH is 1. The van der Waals surface area contributed by atoms with E-state index in [0.717, 1.165) is 10.6 Å². The van der Waals surface area contributed by atoms with Gasteiger partial charge in [-0.1, -0.05) is 0 Å². The summed E-state index contributed by atoms with van der Waals surface area (Å²) in [5.74, 6) is -1.25. The molecule has 0 saturated carbocycles. The van der Waals surface area contributed by atoms with Gasteiger partial charge in [0.25, 0.3) is 5.56 Å². The van der Waals surface area contributed by atoms with Gasteiger partial charge in [0, 0.05) is 18.2 Å². The van der Waals surface area contributed by atoms with Crippen molar-refractivity contribution < 1.29 is 33.0 Å². The fraction of sp³-hybridized carbons (Fsp3) is 0.688. The number of hydrogen-bond acceptors (Lipinski definition) is 9. The molecule has 1 unspecified atom stereocenters. The Balaban J connectivity index is 1.68. The number of ether oxygens (including phenoxy) is 2. The minimum absolute atomic E-state index is 0.198. The van der Waals surface area contributed by atoms with Crippen LogP contribution in [-0.4, -0.2) is 58.2 Å². The van der Waals surface area contributed by atoms with Gasteiger partial charge in [-0.3, -0.25) is 28.2 Å². The Morgan fingerprint density at radius 1 is 1.34 bits per heavy atom. The van der Waals surface area contributed by atoms with E-state index < -0.39 is 55.4 Å². The predicted octanol–water partition coefficient (Wildman–Crippen LogP) is -0.504. The highest BCUT2D eigenvalue weighted by atomic mass is 31.2. The maximum atomic E-state index is 12.8. The van der Waals surface area contributed by atoms with Crippen molar-refractivity contribution in [2.24, 2.45) is 5.92 Å². The molecule has 6 atom stereocenters. The van der Waals surface area contributed by atoms with Crippen LogP contribution in [0.25, 0.3) is 0 Å². The lowest BCUT2D eigenvalue weighted by molar-refractivity contribution is -0.149. The molecule has 3 N–H and O–H groups in total. The maximum Gasteiger partial charge on any atom is 0.406 e. The third kappa shape index (κ3) is 4.85. The molecule has 13 heteroatoms. The quantitative estimate of drug-likeness (QED) is 0.408. The summed E-state index contributed by atoms with van der Waals surface area (Å²) in [5, 5.41) is 13.1. The number of aromatic amines is 1. The zero-order valence-corrected chi connectivity index (χ0v) is 17.0. The number of esters is 1. The number of aliphatic hydroxyl groups is 1. The molecule has 0 bridgehead atoms. The highest BCUT2D eigenvalue weighted by Crippen LogP contribution is 2.50. The Labute approximate surface area is 165 Å². The maximum absolute atomic E-state index is 12.8. The molecule has 2 saturated heterocycles. The average Bonchev–Trinajstić information content (AvgIpc) is 2.83. The lowest BCUT2D eigenvalue weighted by Gasteiger charge is -2.23. The van der Waals surface area contributed by atoms with E-state index in [1.54, 1.807) is 13.8 Å². The lowest BCUT2D eigenvalue weighted by atomic mass is 9.99. The highest BCUT2D eigenvalue weighted by Gasteiger charge is 2.49. The summed E-state index contributed by atoms with van der Waals surface area (Å²) in [4.78, 5) is 37.2. The summed E-state index contributed by atoms with van der Waals surface area (Å²) in [7, 11) is -3.86. The van der Waals surface area contributed by atoms with Gasteiger partial charge in [-0.15, -0.1) is 0 Å². The van der Waals surface area contributed by atoms with Gasteiger partial charge in [0.1, 0.15) is 12.1 Å². The van der Waals surface area contributed by atoms with E-state index >= 15 is 0 Å². The Morgan fingerprint density at radius 2 is 2.03 bits per heavy atom. The summed E-state index contributed by atoms with van der Waals surface area (Å²) in [6.45, 7) is 4.45. The molecule has 3 heterocycles. The molecule has 29 heavy (non-hydrogen) atoms. The average molecular weight is 433 g/mol. The number of nitrogens with one attached hydrogen (secondary N) is 2. The molecule has 2 aliphatic heterocycles. The molecule has 0 spiro atoms. The molecule has 0 aromatic carbocycles. The molecule has 12 nitrogen and oxygen atoms in total. The second-order valence-corrected chi connectivity index (χ2v) is 8.93. The first-order chi connectivity index (χ1) is 13.6. The Hall–Kier alpha value is -1.82. The second kappa shape index (κ2) is 8.50. The van der Waals surface area contributed by atoms with Gasteiger partial charge in [-0.05, 0) is 20.8 Å². The Bertz CT molecular complexity index is 913. The molecule has 2 aliphatic rings. The molecule has 2 fully saturated rings. The number of nitrogens with zero attached hydrogens (tertiary/aromatic N) is 1. The summed E-state index contributed by atoms with van der Waals surface area (Å²) in [6, 6.07) is 0.188. The fourth-order valence-corrected chi connectivity index (χ4v) is 4.63. The van der Waals surface area contributed by atoms with Gasteiger partial charge in [0.05, 0.1) is 25.4 Å². The van der Waals surface area contributed by atoms with E-state index in [0.29, 0.717) is 0 Å². The van der Waals surface area contributed by atoms with Crippen molar-refractivity contribution in [2.75, 3.05) is 13.2 Å². The minimum Gasteiger partial charge on any atom is -0.462 e. The van der Waals surface area contributed by atoms with Crippen molar-refractivity contribution in [2.45, 2.75) is 51.4 Å². The van der Waals surface area contributed by atoms with E-state index in [9.17, 15) is 24.1 Å². The summed E-state index contributed by atoms with van der Waals surface area (Å²) < 4.78 is 35.4. The van der Waals surface area contributed by atoms with Crippen LogP contribution < -0.4 is 16.3 Å². The first-order valence-electron chi connectivity index (χ1n) is 9.12. The van der Waals surface area contributed by atoms with E-state index in [4.69, 9.17) is 18.5 Å². The Morgan fingerprint density at radius 3 is 2.69 bits per heavy atom. The van der Waals surface area contributed by atoms with Crippen molar-refractivity contribution in [3.05, 3.63) is 33.1 Å². The van der Waals surface area contributed by atoms with Crippen molar-refractivity contribution in [1.82, 2.24) is 14.6 Å².